The van der Waals surface area contributed by atoms with Crippen molar-refractivity contribution < 1.29 is 28.7 Å². The van der Waals surface area contributed by atoms with Crippen molar-refractivity contribution in [3.05, 3.63) is 83.7 Å². The fourth-order valence-corrected chi connectivity index (χ4v) is 4.80. The average molecular weight is 635 g/mol. The number of aromatic nitrogens is 3. The Bertz CT molecular complexity index is 1900. The lowest BCUT2D eigenvalue weighted by Crippen LogP contribution is -2.46. The van der Waals surface area contributed by atoms with E-state index < -0.39 is 23.5 Å². The SMILES string of the molecule is COc1ccc2c(c1)C(=O)N(C[C@@H](C#Cc1ccc(-c3nc(-c4cnn(C)c4)ccc3OC(=O)C(C)(C)C)cc1)NC(=O)NC=O)C2. The first-order valence-electron chi connectivity index (χ1n) is 14.8. The highest BCUT2D eigenvalue weighted by Crippen LogP contribution is 2.33. The first kappa shape index (κ1) is 32.4. The molecule has 240 valence electrons. The average Bonchev–Trinajstić information content (AvgIpc) is 3.62. The van der Waals surface area contributed by atoms with Crippen molar-refractivity contribution in [2.24, 2.45) is 12.5 Å². The minimum Gasteiger partial charge on any atom is -0.497 e. The molecular formula is C35H34N6O6. The number of rotatable bonds is 8. The number of carbonyl (C=O) groups is 4. The van der Waals surface area contributed by atoms with Gasteiger partial charge in [0, 0.05) is 42.0 Å². The molecule has 2 aromatic carbocycles. The van der Waals surface area contributed by atoms with Crippen LogP contribution in [0.1, 0.15) is 42.3 Å². The summed E-state index contributed by atoms with van der Waals surface area (Å²) in [5.74, 6) is 6.35. The summed E-state index contributed by atoms with van der Waals surface area (Å²) in [5.41, 5.74) is 3.89. The maximum atomic E-state index is 13.1. The predicted molar refractivity (Wildman–Crippen MR) is 173 cm³/mol. The van der Waals surface area contributed by atoms with Crippen LogP contribution in [0, 0.1) is 17.3 Å². The first-order chi connectivity index (χ1) is 22.4. The highest BCUT2D eigenvalue weighted by molar-refractivity contribution is 5.99. The summed E-state index contributed by atoms with van der Waals surface area (Å²) >= 11 is 0. The number of hydrogen-bond donors (Lipinski definition) is 2. The summed E-state index contributed by atoms with van der Waals surface area (Å²) in [6.45, 7) is 5.76. The Morgan fingerprint density at radius 2 is 1.85 bits per heavy atom. The van der Waals surface area contributed by atoms with Gasteiger partial charge in [-0.05, 0) is 62.7 Å². The van der Waals surface area contributed by atoms with E-state index in [-0.39, 0.29) is 18.9 Å². The number of fused-ring (bicyclic) bond motifs is 1. The summed E-state index contributed by atoms with van der Waals surface area (Å²) in [7, 11) is 3.35. The molecule has 47 heavy (non-hydrogen) atoms. The van der Waals surface area contributed by atoms with Crippen molar-refractivity contribution in [1.29, 1.82) is 0 Å². The van der Waals surface area contributed by atoms with Gasteiger partial charge in [-0.15, -0.1) is 0 Å². The largest absolute Gasteiger partial charge is 0.497 e. The number of benzene rings is 2. The van der Waals surface area contributed by atoms with E-state index in [4.69, 9.17) is 14.5 Å². The molecule has 4 aromatic rings. The Morgan fingerprint density at radius 3 is 2.51 bits per heavy atom. The number of esters is 1. The Balaban J connectivity index is 1.40. The van der Waals surface area contributed by atoms with Crippen LogP contribution < -0.4 is 20.1 Å². The molecule has 2 aromatic heterocycles. The van der Waals surface area contributed by atoms with Crippen molar-refractivity contribution in [2.45, 2.75) is 33.4 Å². The van der Waals surface area contributed by atoms with Crippen LogP contribution in [-0.2, 0) is 23.2 Å². The fraction of sp³-hybridized carbons (Fsp3) is 0.257. The summed E-state index contributed by atoms with van der Waals surface area (Å²) in [5, 5.41) is 8.92. The third kappa shape index (κ3) is 7.65. The zero-order valence-electron chi connectivity index (χ0n) is 26.7. The van der Waals surface area contributed by atoms with Gasteiger partial charge in [0.25, 0.3) is 5.91 Å². The number of carbonyl (C=O) groups excluding carboxylic acids is 4. The molecule has 2 N–H and O–H groups in total. The fourth-order valence-electron chi connectivity index (χ4n) is 4.80. The Kier molecular flexibility index (Phi) is 9.37. The number of pyridine rings is 1. The minimum atomic E-state index is -0.795. The van der Waals surface area contributed by atoms with Gasteiger partial charge in [0.15, 0.2) is 5.75 Å². The molecule has 0 aliphatic carbocycles. The van der Waals surface area contributed by atoms with Crippen molar-refractivity contribution >= 4 is 24.3 Å². The molecule has 0 radical (unpaired) electrons. The lowest BCUT2D eigenvalue weighted by molar-refractivity contribution is -0.143. The zero-order chi connectivity index (χ0) is 33.7. The van der Waals surface area contributed by atoms with E-state index in [1.165, 1.54) is 7.11 Å². The van der Waals surface area contributed by atoms with Crippen molar-refractivity contribution in [3.63, 3.8) is 0 Å². The second-order valence-corrected chi connectivity index (χ2v) is 11.9. The second kappa shape index (κ2) is 13.6. The van der Waals surface area contributed by atoms with E-state index in [0.717, 1.165) is 11.1 Å². The number of imide groups is 1. The Hall–Kier alpha value is -5.96. The molecule has 0 spiro atoms. The number of nitrogens with one attached hydrogen (secondary N) is 2. The number of urea groups is 1. The van der Waals surface area contributed by atoms with Crippen LogP contribution in [-0.4, -0.2) is 63.7 Å². The first-order valence-corrected chi connectivity index (χ1v) is 14.8. The number of methoxy groups -OCH3 is 1. The van der Waals surface area contributed by atoms with Gasteiger partial charge in [0.05, 0.1) is 31.0 Å². The van der Waals surface area contributed by atoms with Gasteiger partial charge in [-0.25, -0.2) is 9.78 Å². The van der Waals surface area contributed by atoms with Crippen molar-refractivity contribution in [2.75, 3.05) is 13.7 Å². The zero-order valence-corrected chi connectivity index (χ0v) is 26.7. The number of ether oxygens (including phenoxy) is 2. The maximum absolute atomic E-state index is 13.1. The van der Waals surface area contributed by atoms with Gasteiger partial charge in [-0.3, -0.25) is 24.4 Å². The standard InChI is InChI=1S/C35H34N6O6/c1-35(2,3)33(44)47-30-15-14-29(25-17-37-40(4)18-25)39-31(30)23-9-6-22(7-10-23)8-12-26(38-34(45)36-21-42)20-41-19-24-11-13-27(46-5)16-28(24)32(41)43/h6-7,9-11,13-18,21,26H,19-20H2,1-5H3,(H2,36,38,42,45)/t26-/m1/s1. The topological polar surface area (TPSA) is 145 Å². The minimum absolute atomic E-state index is 0.0841. The molecule has 3 heterocycles. The summed E-state index contributed by atoms with van der Waals surface area (Å²) in [6, 6.07) is 14.4. The maximum Gasteiger partial charge on any atom is 0.322 e. The molecule has 5 rings (SSSR count). The molecule has 1 aliphatic heterocycles. The van der Waals surface area contributed by atoms with Gasteiger partial charge in [0.2, 0.25) is 6.41 Å². The van der Waals surface area contributed by atoms with Crippen molar-refractivity contribution in [3.8, 4) is 45.9 Å². The van der Waals surface area contributed by atoms with Crippen LogP contribution in [0.15, 0.2) is 67.0 Å². The molecular weight excluding hydrogens is 600 g/mol. The molecule has 12 heteroatoms. The lowest BCUT2D eigenvalue weighted by Gasteiger charge is -2.21. The molecule has 4 amide bonds. The van der Waals surface area contributed by atoms with E-state index in [1.807, 2.05) is 36.8 Å². The number of nitrogens with zero attached hydrogens (tertiary/aromatic N) is 4. The Labute approximate surface area is 272 Å². The van der Waals surface area contributed by atoms with Gasteiger partial charge >= 0.3 is 12.0 Å². The number of aryl methyl sites for hydroxylation is 1. The van der Waals surface area contributed by atoms with Crippen LogP contribution >= 0.6 is 0 Å². The van der Waals surface area contributed by atoms with E-state index in [0.29, 0.717) is 46.1 Å². The highest BCUT2D eigenvalue weighted by Gasteiger charge is 2.30. The molecule has 1 atom stereocenters. The molecule has 0 bridgehead atoms. The lowest BCUT2D eigenvalue weighted by atomic mass is 9.97. The van der Waals surface area contributed by atoms with Gasteiger partial charge in [0.1, 0.15) is 17.5 Å². The van der Waals surface area contributed by atoms with Gasteiger partial charge in [-0.1, -0.05) is 30.0 Å². The molecule has 0 saturated carbocycles. The van der Waals surface area contributed by atoms with Crippen LogP contribution in [0.25, 0.3) is 22.5 Å². The normalized spacial score (nSPS) is 12.8. The van der Waals surface area contributed by atoms with E-state index in [9.17, 15) is 19.2 Å². The van der Waals surface area contributed by atoms with E-state index >= 15 is 0 Å². The molecule has 0 saturated heterocycles. The summed E-state index contributed by atoms with van der Waals surface area (Å²) in [6.07, 6.45) is 3.82. The quantitative estimate of drug-likeness (QED) is 0.169. The van der Waals surface area contributed by atoms with Crippen LogP contribution in [0.5, 0.6) is 11.5 Å². The van der Waals surface area contributed by atoms with Gasteiger partial charge in [-0.2, -0.15) is 5.10 Å². The number of amides is 4. The van der Waals surface area contributed by atoms with E-state index in [1.54, 1.807) is 72.9 Å². The molecule has 1 aliphatic rings. The highest BCUT2D eigenvalue weighted by atomic mass is 16.5. The van der Waals surface area contributed by atoms with Crippen LogP contribution in [0.2, 0.25) is 0 Å². The molecule has 0 fully saturated rings. The second-order valence-electron chi connectivity index (χ2n) is 11.9. The monoisotopic (exact) mass is 634 g/mol. The van der Waals surface area contributed by atoms with E-state index in [2.05, 4.69) is 22.3 Å². The van der Waals surface area contributed by atoms with Crippen LogP contribution in [0.3, 0.4) is 0 Å². The molecule has 12 nitrogen and oxygen atoms in total. The Morgan fingerprint density at radius 1 is 1.09 bits per heavy atom. The predicted octanol–water partition coefficient (Wildman–Crippen LogP) is 3.94. The van der Waals surface area contributed by atoms with Gasteiger partial charge < -0.3 is 19.7 Å². The third-order valence-electron chi connectivity index (χ3n) is 7.32. The smallest absolute Gasteiger partial charge is 0.322 e. The molecule has 0 unspecified atom stereocenters. The number of hydrogen-bond acceptors (Lipinski definition) is 8. The summed E-state index contributed by atoms with van der Waals surface area (Å²) < 4.78 is 12.7. The van der Waals surface area contributed by atoms with Crippen molar-refractivity contribution in [1.82, 2.24) is 30.3 Å². The van der Waals surface area contributed by atoms with Crippen LogP contribution in [0.4, 0.5) is 4.79 Å². The third-order valence-corrected chi connectivity index (χ3v) is 7.32. The summed E-state index contributed by atoms with van der Waals surface area (Å²) in [4.78, 5) is 55.4.